The lowest BCUT2D eigenvalue weighted by atomic mass is 9.78. The lowest BCUT2D eigenvalue weighted by molar-refractivity contribution is -0.116. The molecule has 0 aromatic heterocycles. The second-order valence-corrected chi connectivity index (χ2v) is 9.57. The molecule has 1 aliphatic carbocycles. The molecule has 34 heavy (non-hydrogen) atoms. The molecule has 0 fully saturated rings. The van der Waals surface area contributed by atoms with Gasteiger partial charge < -0.3 is 15.4 Å². The van der Waals surface area contributed by atoms with Gasteiger partial charge >= 0.3 is 0 Å². The maximum Gasteiger partial charge on any atom is 0.163 e. The van der Waals surface area contributed by atoms with Crippen LogP contribution in [0.1, 0.15) is 49.3 Å². The Kier molecular flexibility index (Phi) is 6.53. The van der Waals surface area contributed by atoms with Crippen molar-refractivity contribution in [2.75, 3.05) is 17.2 Å². The molecule has 0 amide bonds. The van der Waals surface area contributed by atoms with Gasteiger partial charge in [-0.3, -0.25) is 4.79 Å². The molecule has 1 aliphatic heterocycles. The highest BCUT2D eigenvalue weighted by molar-refractivity contribution is 6.42. The van der Waals surface area contributed by atoms with E-state index in [1.54, 1.807) is 6.07 Å². The second-order valence-electron chi connectivity index (χ2n) is 8.76. The van der Waals surface area contributed by atoms with Gasteiger partial charge in [0.05, 0.1) is 34.1 Å². The summed E-state index contributed by atoms with van der Waals surface area (Å²) in [6.07, 6.45) is 2.16. The topological polar surface area (TPSA) is 50.4 Å². The zero-order valence-electron chi connectivity index (χ0n) is 18.9. The molecule has 0 spiro atoms. The van der Waals surface area contributed by atoms with Crippen LogP contribution in [0.5, 0.6) is 5.75 Å². The predicted molar refractivity (Wildman–Crippen MR) is 139 cm³/mol. The van der Waals surface area contributed by atoms with Crippen molar-refractivity contribution in [3.63, 3.8) is 0 Å². The fourth-order valence-electron chi connectivity index (χ4n) is 4.73. The number of hydrogen-bond acceptors (Lipinski definition) is 4. The van der Waals surface area contributed by atoms with E-state index in [4.69, 9.17) is 27.9 Å². The molecule has 0 radical (unpaired) electrons. The van der Waals surface area contributed by atoms with E-state index in [0.717, 1.165) is 52.4 Å². The number of allylic oxidation sites excluding steroid dienone is 1. The number of carbonyl (C=O) groups is 1. The minimum absolute atomic E-state index is 0.0960. The van der Waals surface area contributed by atoms with E-state index in [1.165, 1.54) is 0 Å². The Morgan fingerprint density at radius 3 is 2.38 bits per heavy atom. The number of nitrogens with one attached hydrogen (secondary N) is 2. The number of ether oxygens (including phenoxy) is 1. The first-order valence-corrected chi connectivity index (χ1v) is 12.4. The van der Waals surface area contributed by atoms with Crippen molar-refractivity contribution < 1.29 is 9.53 Å². The Bertz CT molecular complexity index is 1250. The van der Waals surface area contributed by atoms with Gasteiger partial charge in [0, 0.05) is 17.7 Å². The third-order valence-electron chi connectivity index (χ3n) is 6.41. The number of benzene rings is 3. The quantitative estimate of drug-likeness (QED) is 0.381. The van der Waals surface area contributed by atoms with Crippen molar-refractivity contribution in [1.29, 1.82) is 0 Å². The van der Waals surface area contributed by atoms with Gasteiger partial charge in [0.2, 0.25) is 0 Å². The van der Waals surface area contributed by atoms with Gasteiger partial charge in [-0.25, -0.2) is 0 Å². The van der Waals surface area contributed by atoms with Crippen molar-refractivity contribution in [2.45, 2.75) is 38.1 Å². The molecule has 174 valence electrons. The number of hydrogen-bond donors (Lipinski definition) is 2. The third kappa shape index (κ3) is 4.53. The van der Waals surface area contributed by atoms with E-state index < -0.39 is 0 Å². The van der Waals surface area contributed by atoms with E-state index in [0.29, 0.717) is 23.1 Å². The number of halogens is 2. The van der Waals surface area contributed by atoms with Gasteiger partial charge in [-0.1, -0.05) is 60.5 Å². The van der Waals surface area contributed by atoms with Gasteiger partial charge in [0.25, 0.3) is 0 Å². The number of anilines is 2. The maximum absolute atomic E-state index is 13.6. The molecule has 3 aromatic carbocycles. The van der Waals surface area contributed by atoms with Gasteiger partial charge in [0.1, 0.15) is 5.75 Å². The van der Waals surface area contributed by atoms with Crippen molar-refractivity contribution in [2.24, 2.45) is 0 Å². The van der Waals surface area contributed by atoms with Gasteiger partial charge in [-0.15, -0.1) is 0 Å². The fraction of sp³-hybridized carbons (Fsp3) is 0.250. The van der Waals surface area contributed by atoms with E-state index in [1.807, 2.05) is 48.5 Å². The molecule has 5 rings (SSSR count). The van der Waals surface area contributed by atoms with Crippen LogP contribution in [-0.4, -0.2) is 12.4 Å². The molecule has 2 atom stereocenters. The molecule has 1 heterocycles. The Morgan fingerprint density at radius 1 is 0.912 bits per heavy atom. The normalized spacial score (nSPS) is 19.4. The number of Topliss-reactive ketones (excluding diaryl/α,β-unsaturated/α-hetero) is 1. The summed E-state index contributed by atoms with van der Waals surface area (Å²) in [6.45, 7) is 2.79. The average molecular weight is 493 g/mol. The number of rotatable bonds is 5. The summed E-state index contributed by atoms with van der Waals surface area (Å²) in [5.74, 6) is 1.08. The highest BCUT2D eigenvalue weighted by Gasteiger charge is 2.36. The number of para-hydroxylation sites is 2. The Labute approximate surface area is 209 Å². The molecular weight excluding hydrogens is 467 g/mol. The molecule has 0 bridgehead atoms. The zero-order chi connectivity index (χ0) is 23.7. The maximum atomic E-state index is 13.6. The largest absolute Gasteiger partial charge is 0.494 e. The Balaban J connectivity index is 1.52. The summed E-state index contributed by atoms with van der Waals surface area (Å²) in [7, 11) is 0. The first-order valence-electron chi connectivity index (χ1n) is 11.6. The van der Waals surface area contributed by atoms with Crippen LogP contribution < -0.4 is 15.4 Å². The van der Waals surface area contributed by atoms with Crippen LogP contribution >= 0.6 is 23.2 Å². The highest BCUT2D eigenvalue weighted by Crippen LogP contribution is 2.45. The average Bonchev–Trinajstić information content (AvgIpc) is 3.01. The fourth-order valence-corrected chi connectivity index (χ4v) is 5.03. The highest BCUT2D eigenvalue weighted by atomic mass is 35.5. The van der Waals surface area contributed by atoms with Crippen LogP contribution in [0.2, 0.25) is 10.0 Å². The van der Waals surface area contributed by atoms with Crippen LogP contribution in [0, 0.1) is 0 Å². The first-order chi connectivity index (χ1) is 16.5. The summed E-state index contributed by atoms with van der Waals surface area (Å²) in [5.41, 5.74) is 5.64. The summed E-state index contributed by atoms with van der Waals surface area (Å²) in [5, 5.41) is 8.11. The standard InChI is InChI=1S/C28H26Cl2N2O2/c1-2-13-34-20-10-7-17(8-11-20)19-15-25-27(26(33)16-19)28(18-9-12-21(29)22(30)14-18)32-24-6-4-3-5-23(24)31-25/h3-12,14,19,28,31-32H,2,13,15-16H2,1H3. The van der Waals surface area contributed by atoms with Crippen molar-refractivity contribution in [1.82, 2.24) is 0 Å². The van der Waals surface area contributed by atoms with Crippen LogP contribution in [0.15, 0.2) is 78.0 Å². The minimum atomic E-state index is -0.320. The van der Waals surface area contributed by atoms with Gasteiger partial charge in [-0.2, -0.15) is 0 Å². The summed E-state index contributed by atoms with van der Waals surface area (Å²) in [4.78, 5) is 13.6. The Hall–Kier alpha value is -2.95. The van der Waals surface area contributed by atoms with Crippen molar-refractivity contribution in [3.05, 3.63) is 99.2 Å². The SMILES string of the molecule is CCCOc1ccc(C2CC(=O)C3=C(C2)Nc2ccccc2NC3c2ccc(Cl)c(Cl)c2)cc1. The van der Waals surface area contributed by atoms with Crippen LogP contribution in [0.25, 0.3) is 0 Å². The number of carbonyl (C=O) groups excluding carboxylic acids is 1. The first kappa shape index (κ1) is 22.8. The number of ketones is 1. The lowest BCUT2D eigenvalue weighted by Gasteiger charge is -2.30. The third-order valence-corrected chi connectivity index (χ3v) is 7.15. The van der Waals surface area contributed by atoms with Crippen LogP contribution in [-0.2, 0) is 4.79 Å². The van der Waals surface area contributed by atoms with Gasteiger partial charge in [0.15, 0.2) is 5.78 Å². The van der Waals surface area contributed by atoms with Crippen molar-refractivity contribution in [3.8, 4) is 5.75 Å². The van der Waals surface area contributed by atoms with E-state index in [9.17, 15) is 4.79 Å². The molecule has 0 saturated heterocycles. The van der Waals surface area contributed by atoms with Crippen molar-refractivity contribution >= 4 is 40.4 Å². The molecule has 6 heteroatoms. The molecule has 2 N–H and O–H groups in total. The Morgan fingerprint density at radius 2 is 1.65 bits per heavy atom. The van der Waals surface area contributed by atoms with Crippen LogP contribution in [0.4, 0.5) is 11.4 Å². The lowest BCUT2D eigenvalue weighted by Crippen LogP contribution is -2.26. The molecule has 2 unspecified atom stereocenters. The second kappa shape index (κ2) is 9.73. The molecule has 4 nitrogen and oxygen atoms in total. The van der Waals surface area contributed by atoms with E-state index in [-0.39, 0.29) is 17.7 Å². The molecule has 0 saturated carbocycles. The predicted octanol–water partition coefficient (Wildman–Crippen LogP) is 7.76. The van der Waals surface area contributed by atoms with E-state index in [2.05, 4.69) is 29.7 Å². The smallest absolute Gasteiger partial charge is 0.163 e. The zero-order valence-corrected chi connectivity index (χ0v) is 20.4. The van der Waals surface area contributed by atoms with E-state index >= 15 is 0 Å². The summed E-state index contributed by atoms with van der Waals surface area (Å²) in [6, 6.07) is 21.4. The summed E-state index contributed by atoms with van der Waals surface area (Å²) < 4.78 is 5.72. The molecular formula is C28H26Cl2N2O2. The minimum Gasteiger partial charge on any atom is -0.494 e. The monoisotopic (exact) mass is 492 g/mol. The molecule has 2 aliphatic rings. The number of fused-ring (bicyclic) bond motifs is 1. The van der Waals surface area contributed by atoms with Crippen LogP contribution in [0.3, 0.4) is 0 Å². The summed E-state index contributed by atoms with van der Waals surface area (Å²) >= 11 is 12.5. The molecule has 3 aromatic rings. The van der Waals surface area contributed by atoms with Gasteiger partial charge in [-0.05, 0) is 66.3 Å².